The van der Waals surface area contributed by atoms with E-state index in [0.29, 0.717) is 31.9 Å². The number of hydrogen-bond acceptors (Lipinski definition) is 4. The first-order valence-corrected chi connectivity index (χ1v) is 5.31. The molecule has 0 bridgehead atoms. The van der Waals surface area contributed by atoms with Gasteiger partial charge in [-0.3, -0.25) is 9.78 Å². The zero-order chi connectivity index (χ0) is 11.4. The van der Waals surface area contributed by atoms with Crippen molar-refractivity contribution in [2.45, 2.75) is 0 Å². The van der Waals surface area contributed by atoms with Gasteiger partial charge in [-0.2, -0.15) is 0 Å². The molecule has 1 saturated heterocycles. The Bertz CT molecular complexity index is 375. The van der Waals surface area contributed by atoms with Crippen molar-refractivity contribution in [3.05, 3.63) is 24.0 Å². The predicted molar refractivity (Wildman–Crippen MR) is 60.5 cm³/mol. The molecule has 1 aromatic rings. The number of aromatic nitrogens is 1. The van der Waals surface area contributed by atoms with Crippen LogP contribution in [0.5, 0.6) is 0 Å². The Labute approximate surface area is 94.4 Å². The van der Waals surface area contributed by atoms with Gasteiger partial charge in [0.2, 0.25) is 0 Å². The fourth-order valence-corrected chi connectivity index (χ4v) is 1.64. The molecule has 16 heavy (non-hydrogen) atoms. The van der Waals surface area contributed by atoms with Crippen LogP contribution in [0.15, 0.2) is 18.5 Å². The smallest absolute Gasteiger partial charge is 0.255 e. The maximum absolute atomic E-state index is 12.1. The van der Waals surface area contributed by atoms with E-state index in [2.05, 4.69) is 10.3 Å². The van der Waals surface area contributed by atoms with E-state index in [-0.39, 0.29) is 5.91 Å². The van der Waals surface area contributed by atoms with Crippen molar-refractivity contribution in [3.8, 4) is 0 Å². The number of carbonyl (C=O) groups excluding carboxylic acids is 1. The number of carbonyl (C=O) groups is 1. The lowest BCUT2D eigenvalue weighted by molar-refractivity contribution is 0.0302. The Morgan fingerprint density at radius 1 is 1.44 bits per heavy atom. The first kappa shape index (κ1) is 10.9. The van der Waals surface area contributed by atoms with E-state index in [1.807, 2.05) is 6.07 Å². The topological polar surface area (TPSA) is 54.5 Å². The average Bonchev–Trinajstić information content (AvgIpc) is 2.39. The largest absolute Gasteiger partial charge is 0.387 e. The highest BCUT2D eigenvalue weighted by Crippen LogP contribution is 2.11. The van der Waals surface area contributed by atoms with Crippen molar-refractivity contribution >= 4 is 11.6 Å². The van der Waals surface area contributed by atoms with Crippen LogP contribution in [-0.4, -0.2) is 49.1 Å². The van der Waals surface area contributed by atoms with Gasteiger partial charge in [-0.1, -0.05) is 0 Å². The second-order valence-electron chi connectivity index (χ2n) is 3.62. The van der Waals surface area contributed by atoms with Crippen LogP contribution in [0, 0.1) is 0 Å². The minimum Gasteiger partial charge on any atom is -0.387 e. The van der Waals surface area contributed by atoms with Gasteiger partial charge in [0.25, 0.3) is 5.91 Å². The lowest BCUT2D eigenvalue weighted by Crippen LogP contribution is -2.40. The van der Waals surface area contributed by atoms with Crippen molar-refractivity contribution in [1.29, 1.82) is 0 Å². The van der Waals surface area contributed by atoms with Crippen molar-refractivity contribution in [2.75, 3.05) is 38.7 Å². The molecule has 1 aromatic heterocycles. The van der Waals surface area contributed by atoms with Crippen molar-refractivity contribution in [2.24, 2.45) is 0 Å². The van der Waals surface area contributed by atoms with Crippen LogP contribution >= 0.6 is 0 Å². The molecule has 5 heteroatoms. The molecule has 1 N–H and O–H groups in total. The summed E-state index contributed by atoms with van der Waals surface area (Å²) in [6, 6.07) is 1.81. The zero-order valence-electron chi connectivity index (χ0n) is 9.27. The molecule has 1 aliphatic rings. The van der Waals surface area contributed by atoms with E-state index < -0.39 is 0 Å². The maximum Gasteiger partial charge on any atom is 0.255 e. The van der Waals surface area contributed by atoms with E-state index in [1.54, 1.807) is 24.3 Å². The number of amides is 1. The Morgan fingerprint density at radius 3 is 2.88 bits per heavy atom. The summed E-state index contributed by atoms with van der Waals surface area (Å²) in [6.45, 7) is 2.54. The maximum atomic E-state index is 12.1. The van der Waals surface area contributed by atoms with Crippen molar-refractivity contribution < 1.29 is 9.53 Å². The summed E-state index contributed by atoms with van der Waals surface area (Å²) in [5.41, 5.74) is 1.47. The second-order valence-corrected chi connectivity index (χ2v) is 3.62. The number of anilines is 1. The lowest BCUT2D eigenvalue weighted by Gasteiger charge is -2.26. The fourth-order valence-electron chi connectivity index (χ4n) is 1.64. The first-order valence-electron chi connectivity index (χ1n) is 5.31. The lowest BCUT2D eigenvalue weighted by atomic mass is 10.2. The van der Waals surface area contributed by atoms with E-state index in [4.69, 9.17) is 4.74 Å². The van der Waals surface area contributed by atoms with Gasteiger partial charge in [0.15, 0.2) is 0 Å². The van der Waals surface area contributed by atoms with Crippen LogP contribution in [0.1, 0.15) is 10.4 Å². The summed E-state index contributed by atoms with van der Waals surface area (Å²) in [4.78, 5) is 17.9. The van der Waals surface area contributed by atoms with E-state index in [9.17, 15) is 4.79 Å². The molecule has 0 spiro atoms. The van der Waals surface area contributed by atoms with Crippen LogP contribution < -0.4 is 5.32 Å². The number of ether oxygens (including phenoxy) is 1. The Kier molecular flexibility index (Phi) is 3.36. The molecule has 0 unspecified atom stereocenters. The number of nitrogens with one attached hydrogen (secondary N) is 1. The number of rotatable bonds is 2. The van der Waals surface area contributed by atoms with E-state index in [0.717, 1.165) is 5.69 Å². The van der Waals surface area contributed by atoms with Crippen molar-refractivity contribution in [3.63, 3.8) is 0 Å². The van der Waals surface area contributed by atoms with Gasteiger partial charge in [0.1, 0.15) is 0 Å². The minimum absolute atomic E-state index is 0.0212. The van der Waals surface area contributed by atoms with Crippen LogP contribution in [0.25, 0.3) is 0 Å². The summed E-state index contributed by atoms with van der Waals surface area (Å²) < 4.78 is 5.21. The van der Waals surface area contributed by atoms with Crippen molar-refractivity contribution in [1.82, 2.24) is 9.88 Å². The standard InChI is InChI=1S/C11H15N3O2/c1-12-10-6-9(7-13-8-10)11(15)14-2-4-16-5-3-14/h6-8,12H,2-5H2,1H3. The van der Waals surface area contributed by atoms with Gasteiger partial charge in [-0.05, 0) is 6.07 Å². The monoisotopic (exact) mass is 221 g/mol. The highest BCUT2D eigenvalue weighted by molar-refractivity contribution is 5.94. The number of nitrogens with zero attached hydrogens (tertiary/aromatic N) is 2. The van der Waals surface area contributed by atoms with Crippen LogP contribution in [-0.2, 0) is 4.74 Å². The molecule has 2 rings (SSSR count). The fraction of sp³-hybridized carbons (Fsp3) is 0.455. The minimum atomic E-state index is 0.0212. The molecule has 1 aliphatic heterocycles. The van der Waals surface area contributed by atoms with Gasteiger partial charge in [-0.25, -0.2) is 0 Å². The normalized spacial score (nSPS) is 15.9. The second kappa shape index (κ2) is 4.94. The summed E-state index contributed by atoms with van der Waals surface area (Å²) in [5, 5.41) is 2.97. The third kappa shape index (κ3) is 2.30. The van der Waals surface area contributed by atoms with Gasteiger partial charge in [0, 0.05) is 32.5 Å². The predicted octanol–water partition coefficient (Wildman–Crippen LogP) is 0.596. The van der Waals surface area contributed by atoms with Crippen LogP contribution in [0.3, 0.4) is 0 Å². The summed E-state index contributed by atoms with van der Waals surface area (Å²) in [7, 11) is 1.81. The van der Waals surface area contributed by atoms with Gasteiger partial charge >= 0.3 is 0 Å². The molecule has 1 amide bonds. The molecule has 0 atom stereocenters. The molecular weight excluding hydrogens is 206 g/mol. The number of morpholine rings is 1. The zero-order valence-corrected chi connectivity index (χ0v) is 9.27. The Morgan fingerprint density at radius 2 is 2.19 bits per heavy atom. The van der Waals surface area contributed by atoms with Crippen LogP contribution in [0.2, 0.25) is 0 Å². The quantitative estimate of drug-likeness (QED) is 0.794. The van der Waals surface area contributed by atoms with E-state index in [1.165, 1.54) is 0 Å². The molecule has 0 aliphatic carbocycles. The SMILES string of the molecule is CNc1cncc(C(=O)N2CCOCC2)c1. The molecule has 86 valence electrons. The molecule has 2 heterocycles. The Balaban J connectivity index is 2.12. The molecule has 0 radical (unpaired) electrons. The molecular formula is C11H15N3O2. The average molecular weight is 221 g/mol. The first-order chi connectivity index (χ1) is 7.81. The van der Waals surface area contributed by atoms with E-state index >= 15 is 0 Å². The highest BCUT2D eigenvalue weighted by Gasteiger charge is 2.18. The summed E-state index contributed by atoms with van der Waals surface area (Å²) >= 11 is 0. The third-order valence-electron chi connectivity index (χ3n) is 2.57. The number of hydrogen-bond donors (Lipinski definition) is 1. The van der Waals surface area contributed by atoms with Gasteiger partial charge < -0.3 is 15.0 Å². The molecule has 5 nitrogen and oxygen atoms in total. The highest BCUT2D eigenvalue weighted by atomic mass is 16.5. The molecule has 1 fully saturated rings. The van der Waals surface area contributed by atoms with Gasteiger partial charge in [0.05, 0.1) is 24.5 Å². The third-order valence-corrected chi connectivity index (χ3v) is 2.57. The summed E-state index contributed by atoms with van der Waals surface area (Å²) in [5.74, 6) is 0.0212. The van der Waals surface area contributed by atoms with Crippen LogP contribution in [0.4, 0.5) is 5.69 Å². The molecule has 0 saturated carbocycles. The number of pyridine rings is 1. The summed E-state index contributed by atoms with van der Waals surface area (Å²) in [6.07, 6.45) is 3.29. The Hall–Kier alpha value is -1.62. The molecule has 0 aromatic carbocycles. The van der Waals surface area contributed by atoms with Gasteiger partial charge in [-0.15, -0.1) is 0 Å².